The molecule has 1 aliphatic rings. The Morgan fingerprint density at radius 1 is 0.310 bits per heavy atom. The molecule has 0 atom stereocenters. The summed E-state index contributed by atoms with van der Waals surface area (Å²) in [6.07, 6.45) is 2.37. The normalized spacial score (nSPS) is 14.0. The van der Waals surface area contributed by atoms with Gasteiger partial charge < -0.3 is 9.80 Å². The fourth-order valence-corrected chi connectivity index (χ4v) is 8.76. The molecule has 1 aliphatic carbocycles. The Balaban J connectivity index is 1.09. The van der Waals surface area contributed by atoms with Crippen molar-refractivity contribution in [2.24, 2.45) is 0 Å². The zero-order valence-corrected chi connectivity index (χ0v) is 33.9. The van der Waals surface area contributed by atoms with E-state index in [0.29, 0.717) is 0 Å². The number of benzene rings is 8. The monoisotopic (exact) mass is 750 g/mol. The van der Waals surface area contributed by atoms with Crippen LogP contribution in [0.15, 0.2) is 206 Å². The van der Waals surface area contributed by atoms with Gasteiger partial charge in [0.15, 0.2) is 0 Å². The third kappa shape index (κ3) is 7.23. The molecular formula is C56H50N2. The van der Waals surface area contributed by atoms with Crippen molar-refractivity contribution in [2.45, 2.75) is 51.4 Å². The molecule has 0 aromatic heterocycles. The molecule has 2 heteroatoms. The van der Waals surface area contributed by atoms with Crippen LogP contribution in [0.3, 0.4) is 0 Å². The van der Waals surface area contributed by atoms with E-state index < -0.39 is 0 Å². The Morgan fingerprint density at radius 2 is 0.741 bits per heavy atom. The fraction of sp³-hybridized carbons (Fsp3) is 0.143. The number of anilines is 6. The van der Waals surface area contributed by atoms with Gasteiger partial charge in [-0.2, -0.15) is 0 Å². The molecule has 0 saturated carbocycles. The van der Waals surface area contributed by atoms with Crippen LogP contribution in [0.2, 0.25) is 0 Å². The van der Waals surface area contributed by atoms with Gasteiger partial charge >= 0.3 is 0 Å². The van der Waals surface area contributed by atoms with E-state index in [-0.39, 0.29) is 10.8 Å². The highest BCUT2D eigenvalue weighted by atomic mass is 15.1. The van der Waals surface area contributed by atoms with Crippen LogP contribution < -0.4 is 9.80 Å². The largest absolute Gasteiger partial charge is 0.310 e. The minimum atomic E-state index is 0.105. The molecule has 0 spiro atoms. The predicted octanol–water partition coefficient (Wildman–Crippen LogP) is 16.0. The summed E-state index contributed by atoms with van der Waals surface area (Å²) < 4.78 is 0. The first-order valence-electron chi connectivity index (χ1n) is 20.6. The van der Waals surface area contributed by atoms with E-state index in [1.165, 1.54) is 63.0 Å². The molecule has 8 aromatic carbocycles. The standard InChI is InChI=1S/C56H50N2/c1-55(2)37-38-56(3,4)53-40-50(35-36-52(53)55)57(49-24-16-21-45(39-49)41-17-8-5-9-18-41)47-31-27-42(28-32-47)43-29-33-48(34-30-43)58(46-22-12-7-13-23-46)54-26-15-14-25-51(54)44-19-10-6-11-20-44/h5-36,39-40H,37-38H2,1-4H3. The van der Waals surface area contributed by atoms with Crippen LogP contribution >= 0.6 is 0 Å². The third-order valence-electron chi connectivity index (χ3n) is 12.1. The van der Waals surface area contributed by atoms with E-state index in [9.17, 15) is 0 Å². The van der Waals surface area contributed by atoms with Crippen molar-refractivity contribution >= 4 is 34.1 Å². The summed E-state index contributed by atoms with van der Waals surface area (Å²) in [6.45, 7) is 9.62. The molecule has 2 nitrogen and oxygen atoms in total. The van der Waals surface area contributed by atoms with Gasteiger partial charge in [-0.1, -0.05) is 167 Å². The van der Waals surface area contributed by atoms with Gasteiger partial charge in [-0.15, -0.1) is 0 Å². The average Bonchev–Trinajstić information content (AvgIpc) is 3.27. The van der Waals surface area contributed by atoms with Crippen molar-refractivity contribution in [1.82, 2.24) is 0 Å². The quantitative estimate of drug-likeness (QED) is 0.145. The molecule has 284 valence electrons. The predicted molar refractivity (Wildman–Crippen MR) is 247 cm³/mol. The van der Waals surface area contributed by atoms with Crippen molar-refractivity contribution in [3.63, 3.8) is 0 Å². The van der Waals surface area contributed by atoms with Crippen molar-refractivity contribution in [1.29, 1.82) is 0 Å². The summed E-state index contributed by atoms with van der Waals surface area (Å²) in [7, 11) is 0. The Hall–Kier alpha value is -6.64. The van der Waals surface area contributed by atoms with Crippen LogP contribution in [0.5, 0.6) is 0 Å². The lowest BCUT2D eigenvalue weighted by atomic mass is 9.63. The van der Waals surface area contributed by atoms with Gasteiger partial charge in [0.05, 0.1) is 5.69 Å². The second-order valence-corrected chi connectivity index (χ2v) is 16.9. The van der Waals surface area contributed by atoms with Crippen LogP contribution in [-0.2, 0) is 10.8 Å². The van der Waals surface area contributed by atoms with Crippen LogP contribution in [0.25, 0.3) is 33.4 Å². The molecular weight excluding hydrogens is 701 g/mol. The summed E-state index contributed by atoms with van der Waals surface area (Å²) >= 11 is 0. The number of hydrogen-bond acceptors (Lipinski definition) is 2. The molecule has 0 fully saturated rings. The minimum absolute atomic E-state index is 0.105. The van der Waals surface area contributed by atoms with Crippen LogP contribution in [-0.4, -0.2) is 0 Å². The first-order chi connectivity index (χ1) is 28.2. The maximum Gasteiger partial charge on any atom is 0.0540 e. The first kappa shape index (κ1) is 37.0. The summed E-state index contributed by atoms with van der Waals surface area (Å²) in [4.78, 5) is 4.79. The number of fused-ring (bicyclic) bond motifs is 1. The molecule has 58 heavy (non-hydrogen) atoms. The van der Waals surface area contributed by atoms with Crippen molar-refractivity contribution in [3.8, 4) is 33.4 Å². The van der Waals surface area contributed by atoms with Crippen molar-refractivity contribution < 1.29 is 0 Å². The van der Waals surface area contributed by atoms with Crippen LogP contribution in [0.1, 0.15) is 51.7 Å². The zero-order valence-electron chi connectivity index (χ0n) is 33.9. The van der Waals surface area contributed by atoms with Gasteiger partial charge in [-0.25, -0.2) is 0 Å². The Bertz CT molecular complexity index is 2640. The summed E-state index contributed by atoms with van der Waals surface area (Å²) in [5.74, 6) is 0. The van der Waals surface area contributed by atoms with E-state index in [2.05, 4.69) is 244 Å². The third-order valence-corrected chi connectivity index (χ3v) is 12.1. The summed E-state index contributed by atoms with van der Waals surface area (Å²) in [5.41, 5.74) is 17.2. The van der Waals surface area contributed by atoms with E-state index >= 15 is 0 Å². The smallest absolute Gasteiger partial charge is 0.0540 e. The Morgan fingerprint density at radius 3 is 1.38 bits per heavy atom. The van der Waals surface area contributed by atoms with Gasteiger partial charge in [-0.3, -0.25) is 0 Å². The van der Waals surface area contributed by atoms with E-state index in [1.807, 2.05) is 0 Å². The SMILES string of the molecule is CC1(C)CCC(C)(C)c2cc(N(c3ccc(-c4ccc(N(c5ccccc5)c5ccccc5-c5ccccc5)cc4)cc3)c3cccc(-c4ccccc4)c3)ccc21. The van der Waals surface area contributed by atoms with Gasteiger partial charge in [0.1, 0.15) is 0 Å². The zero-order chi connectivity index (χ0) is 39.7. The topological polar surface area (TPSA) is 6.48 Å². The number of hydrogen-bond donors (Lipinski definition) is 0. The van der Waals surface area contributed by atoms with Crippen molar-refractivity contribution in [2.75, 3.05) is 9.80 Å². The molecule has 0 amide bonds. The van der Waals surface area contributed by atoms with Crippen LogP contribution in [0.4, 0.5) is 34.1 Å². The molecule has 0 bridgehead atoms. The van der Waals surface area contributed by atoms with Gasteiger partial charge in [0, 0.05) is 34.0 Å². The van der Waals surface area contributed by atoms with E-state index in [4.69, 9.17) is 0 Å². The lowest BCUT2D eigenvalue weighted by Gasteiger charge is -2.42. The molecule has 0 N–H and O–H groups in total. The second-order valence-electron chi connectivity index (χ2n) is 16.9. The number of rotatable bonds is 9. The number of nitrogens with zero attached hydrogens (tertiary/aromatic N) is 2. The summed E-state index contributed by atoms with van der Waals surface area (Å²) in [5, 5.41) is 0. The first-order valence-corrected chi connectivity index (χ1v) is 20.6. The molecule has 0 radical (unpaired) electrons. The molecule has 0 unspecified atom stereocenters. The molecule has 9 rings (SSSR count). The molecule has 0 saturated heterocycles. The number of para-hydroxylation sites is 2. The molecule has 0 heterocycles. The Kier molecular flexibility index (Phi) is 9.79. The van der Waals surface area contributed by atoms with Gasteiger partial charge in [0.25, 0.3) is 0 Å². The Labute approximate surface area is 344 Å². The maximum absolute atomic E-state index is 2.46. The average molecular weight is 751 g/mol. The fourth-order valence-electron chi connectivity index (χ4n) is 8.76. The van der Waals surface area contributed by atoms with Crippen molar-refractivity contribution in [3.05, 3.63) is 217 Å². The van der Waals surface area contributed by atoms with Gasteiger partial charge in [0.2, 0.25) is 0 Å². The molecule has 0 aliphatic heterocycles. The highest BCUT2D eigenvalue weighted by Gasteiger charge is 2.37. The van der Waals surface area contributed by atoms with Crippen LogP contribution in [0, 0.1) is 0 Å². The lowest BCUT2D eigenvalue weighted by molar-refractivity contribution is 0.332. The summed E-state index contributed by atoms with van der Waals surface area (Å²) in [6, 6.07) is 74.9. The van der Waals surface area contributed by atoms with Gasteiger partial charge in [-0.05, 0) is 129 Å². The second kappa shape index (κ2) is 15.4. The molecule has 8 aromatic rings. The van der Waals surface area contributed by atoms with E-state index in [0.717, 1.165) is 28.4 Å². The highest BCUT2D eigenvalue weighted by molar-refractivity contribution is 5.89. The lowest BCUT2D eigenvalue weighted by Crippen LogP contribution is -2.34. The van der Waals surface area contributed by atoms with E-state index in [1.54, 1.807) is 0 Å². The minimum Gasteiger partial charge on any atom is -0.310 e. The maximum atomic E-state index is 2.46. The highest BCUT2D eigenvalue weighted by Crippen LogP contribution is 2.49.